The Morgan fingerprint density at radius 2 is 2.00 bits per heavy atom. The lowest BCUT2D eigenvalue weighted by Crippen LogP contribution is -2.37. The summed E-state index contributed by atoms with van der Waals surface area (Å²) in [7, 11) is 0. The number of rotatable bonds is 2. The van der Waals surface area contributed by atoms with Gasteiger partial charge < -0.3 is 5.73 Å². The van der Waals surface area contributed by atoms with Crippen molar-refractivity contribution in [2.24, 2.45) is 5.73 Å². The molecule has 15 heavy (non-hydrogen) atoms. The molecule has 2 nitrogen and oxygen atoms in total. The van der Waals surface area contributed by atoms with Crippen LogP contribution in [-0.2, 0) is 5.41 Å². The van der Waals surface area contributed by atoms with Gasteiger partial charge in [-0.15, -0.1) is 0 Å². The van der Waals surface area contributed by atoms with Crippen molar-refractivity contribution in [3.05, 3.63) is 29.0 Å². The van der Waals surface area contributed by atoms with Crippen LogP contribution in [0.15, 0.2) is 18.2 Å². The summed E-state index contributed by atoms with van der Waals surface area (Å²) >= 11 is 5.93. The Hall–Kier alpha value is -0.600. The maximum atomic E-state index is 5.94. The zero-order valence-electron chi connectivity index (χ0n) is 8.88. The summed E-state index contributed by atoms with van der Waals surface area (Å²) in [6.45, 7) is 0.681. The monoisotopic (exact) mass is 224 g/mol. The summed E-state index contributed by atoms with van der Waals surface area (Å²) in [5.41, 5.74) is 7.10. The molecular formula is C12H17ClN2. The quantitative estimate of drug-likeness (QED) is 0.785. The highest BCUT2D eigenvalue weighted by molar-refractivity contribution is 6.29. The number of nitrogens with two attached hydrogens (primary N) is 1. The second kappa shape index (κ2) is 4.50. The standard InChI is InChI=1S/C12H17ClN2/c13-11-6-4-5-10(15-11)12(9-14)7-2-1-3-8-12/h4-6H,1-3,7-9,14H2. The highest BCUT2D eigenvalue weighted by atomic mass is 35.5. The maximum Gasteiger partial charge on any atom is 0.129 e. The number of pyridine rings is 1. The molecule has 1 aromatic rings. The second-order valence-electron chi connectivity index (χ2n) is 4.39. The van der Waals surface area contributed by atoms with Gasteiger partial charge in [0, 0.05) is 17.7 Å². The van der Waals surface area contributed by atoms with Crippen LogP contribution < -0.4 is 5.73 Å². The van der Waals surface area contributed by atoms with Gasteiger partial charge in [-0.05, 0) is 25.0 Å². The molecule has 1 aromatic heterocycles. The van der Waals surface area contributed by atoms with Crippen LogP contribution in [0.2, 0.25) is 5.15 Å². The third kappa shape index (κ3) is 2.16. The fourth-order valence-corrected chi connectivity index (χ4v) is 2.66. The molecule has 82 valence electrons. The lowest BCUT2D eigenvalue weighted by Gasteiger charge is -2.35. The van der Waals surface area contributed by atoms with Gasteiger partial charge in [0.15, 0.2) is 0 Å². The molecule has 1 saturated carbocycles. The second-order valence-corrected chi connectivity index (χ2v) is 4.78. The molecule has 1 fully saturated rings. The van der Waals surface area contributed by atoms with Gasteiger partial charge in [0.05, 0.1) is 0 Å². The van der Waals surface area contributed by atoms with Crippen molar-refractivity contribution in [1.82, 2.24) is 4.98 Å². The van der Waals surface area contributed by atoms with Crippen LogP contribution in [0.4, 0.5) is 0 Å². The van der Waals surface area contributed by atoms with Crippen LogP contribution >= 0.6 is 11.6 Å². The maximum absolute atomic E-state index is 5.94. The van der Waals surface area contributed by atoms with E-state index in [0.717, 1.165) is 18.5 Å². The zero-order valence-corrected chi connectivity index (χ0v) is 9.63. The van der Waals surface area contributed by atoms with Crippen LogP contribution in [0.5, 0.6) is 0 Å². The molecule has 2 N–H and O–H groups in total. The Bertz CT molecular complexity index is 332. The van der Waals surface area contributed by atoms with Crippen LogP contribution in [0, 0.1) is 0 Å². The average Bonchev–Trinajstić information content (AvgIpc) is 2.30. The van der Waals surface area contributed by atoms with Gasteiger partial charge in [-0.1, -0.05) is 36.9 Å². The lowest BCUT2D eigenvalue weighted by atomic mass is 9.71. The van der Waals surface area contributed by atoms with Gasteiger partial charge in [0.25, 0.3) is 0 Å². The van der Waals surface area contributed by atoms with Crippen LogP contribution in [0.1, 0.15) is 37.8 Å². The molecule has 0 aliphatic heterocycles. The van der Waals surface area contributed by atoms with Crippen molar-refractivity contribution in [3.63, 3.8) is 0 Å². The molecule has 0 unspecified atom stereocenters. The summed E-state index contributed by atoms with van der Waals surface area (Å²) in [5, 5.41) is 0.575. The van der Waals surface area contributed by atoms with E-state index in [1.54, 1.807) is 0 Å². The minimum atomic E-state index is 0.0865. The van der Waals surface area contributed by atoms with E-state index in [2.05, 4.69) is 11.1 Å². The lowest BCUT2D eigenvalue weighted by molar-refractivity contribution is 0.294. The molecule has 1 aliphatic rings. The molecule has 1 aliphatic carbocycles. The Labute approximate surface area is 95.8 Å². The van der Waals surface area contributed by atoms with E-state index < -0.39 is 0 Å². The van der Waals surface area contributed by atoms with E-state index in [1.807, 2.05) is 12.1 Å². The molecular weight excluding hydrogens is 208 g/mol. The summed E-state index contributed by atoms with van der Waals surface area (Å²) in [6.07, 6.45) is 6.13. The Balaban J connectivity index is 2.32. The Morgan fingerprint density at radius 3 is 2.60 bits per heavy atom. The van der Waals surface area contributed by atoms with Crippen LogP contribution in [-0.4, -0.2) is 11.5 Å². The third-order valence-corrected chi connectivity index (χ3v) is 3.67. The SMILES string of the molecule is NCC1(c2cccc(Cl)n2)CCCCC1. The highest BCUT2D eigenvalue weighted by Crippen LogP contribution is 2.37. The zero-order chi connectivity index (χ0) is 10.7. The van der Waals surface area contributed by atoms with Crippen molar-refractivity contribution in [2.45, 2.75) is 37.5 Å². The summed E-state index contributed by atoms with van der Waals surface area (Å²) in [4.78, 5) is 4.43. The van der Waals surface area contributed by atoms with E-state index in [0.29, 0.717) is 11.7 Å². The number of hydrogen-bond acceptors (Lipinski definition) is 2. The first-order valence-electron chi connectivity index (χ1n) is 5.60. The van der Waals surface area contributed by atoms with Crippen LogP contribution in [0.3, 0.4) is 0 Å². The molecule has 0 amide bonds. The van der Waals surface area contributed by atoms with Gasteiger partial charge in [-0.2, -0.15) is 0 Å². The molecule has 0 radical (unpaired) electrons. The number of aromatic nitrogens is 1. The van der Waals surface area contributed by atoms with Crippen molar-refractivity contribution in [3.8, 4) is 0 Å². The topological polar surface area (TPSA) is 38.9 Å². The first-order valence-corrected chi connectivity index (χ1v) is 5.98. The highest BCUT2D eigenvalue weighted by Gasteiger charge is 2.33. The first-order chi connectivity index (χ1) is 7.27. The normalized spacial score (nSPS) is 20.1. The van der Waals surface area contributed by atoms with E-state index in [9.17, 15) is 0 Å². The fraction of sp³-hybridized carbons (Fsp3) is 0.583. The van der Waals surface area contributed by atoms with Gasteiger partial charge in [0.2, 0.25) is 0 Å². The largest absolute Gasteiger partial charge is 0.330 e. The molecule has 0 aromatic carbocycles. The van der Waals surface area contributed by atoms with Gasteiger partial charge >= 0.3 is 0 Å². The Kier molecular flexibility index (Phi) is 3.27. The molecule has 0 spiro atoms. The van der Waals surface area contributed by atoms with E-state index >= 15 is 0 Å². The van der Waals surface area contributed by atoms with Crippen molar-refractivity contribution < 1.29 is 0 Å². The molecule has 2 rings (SSSR count). The minimum absolute atomic E-state index is 0.0865. The molecule has 3 heteroatoms. The fourth-order valence-electron chi connectivity index (χ4n) is 2.50. The summed E-state index contributed by atoms with van der Waals surface area (Å²) in [5.74, 6) is 0. The van der Waals surface area contributed by atoms with Crippen molar-refractivity contribution >= 4 is 11.6 Å². The molecule has 0 bridgehead atoms. The van der Waals surface area contributed by atoms with E-state index in [-0.39, 0.29) is 5.41 Å². The average molecular weight is 225 g/mol. The summed E-state index contributed by atoms with van der Waals surface area (Å²) < 4.78 is 0. The number of hydrogen-bond donors (Lipinski definition) is 1. The van der Waals surface area contributed by atoms with E-state index in [1.165, 1.54) is 19.3 Å². The smallest absolute Gasteiger partial charge is 0.129 e. The summed E-state index contributed by atoms with van der Waals surface area (Å²) in [6, 6.07) is 5.85. The van der Waals surface area contributed by atoms with Gasteiger partial charge in [0.1, 0.15) is 5.15 Å². The number of nitrogens with zero attached hydrogens (tertiary/aromatic N) is 1. The van der Waals surface area contributed by atoms with Crippen LogP contribution in [0.25, 0.3) is 0 Å². The third-order valence-electron chi connectivity index (χ3n) is 3.46. The van der Waals surface area contributed by atoms with Crippen molar-refractivity contribution in [1.29, 1.82) is 0 Å². The van der Waals surface area contributed by atoms with Crippen molar-refractivity contribution in [2.75, 3.05) is 6.54 Å². The number of halogens is 1. The predicted molar refractivity (Wildman–Crippen MR) is 63.1 cm³/mol. The Morgan fingerprint density at radius 1 is 1.27 bits per heavy atom. The molecule has 0 saturated heterocycles. The van der Waals surface area contributed by atoms with Gasteiger partial charge in [-0.3, -0.25) is 0 Å². The van der Waals surface area contributed by atoms with Gasteiger partial charge in [-0.25, -0.2) is 4.98 Å². The molecule has 0 atom stereocenters. The first kappa shape index (κ1) is 10.9. The predicted octanol–water partition coefficient (Wildman–Crippen LogP) is 2.90. The van der Waals surface area contributed by atoms with E-state index in [4.69, 9.17) is 17.3 Å². The minimum Gasteiger partial charge on any atom is -0.330 e. The molecule has 1 heterocycles.